The Morgan fingerprint density at radius 1 is 1.30 bits per heavy atom. The molecule has 2 N–H and O–H groups in total. The Bertz CT molecular complexity index is 717. The van der Waals surface area contributed by atoms with Gasteiger partial charge in [0, 0.05) is 18.0 Å². The second-order valence-electron chi connectivity index (χ2n) is 5.96. The highest BCUT2D eigenvalue weighted by Crippen LogP contribution is 2.33. The molecule has 0 spiro atoms. The number of ether oxygens (including phenoxy) is 1. The molecule has 23 heavy (non-hydrogen) atoms. The van der Waals surface area contributed by atoms with Gasteiger partial charge in [-0.1, -0.05) is 12.8 Å². The predicted octanol–water partition coefficient (Wildman–Crippen LogP) is 3.11. The van der Waals surface area contributed by atoms with Crippen molar-refractivity contribution < 1.29 is 14.3 Å². The van der Waals surface area contributed by atoms with Crippen LogP contribution in [0.25, 0.3) is 11.0 Å². The summed E-state index contributed by atoms with van der Waals surface area (Å²) < 4.78 is 4.53. The number of nitrogens with zero attached hydrogens (tertiary/aromatic N) is 1. The van der Waals surface area contributed by atoms with E-state index >= 15 is 0 Å². The average molecular weight is 315 g/mol. The van der Waals surface area contributed by atoms with Gasteiger partial charge in [0.25, 0.3) is 0 Å². The standard InChI is InChI=1S/C17H21N3O3/c1-23-16(22)9-8-15(21)18-12-6-7-13-14(10-12)20-17(19-13)11-4-2-3-5-11/h6-7,10-11H,2-5,8-9H2,1H3,(H,18,21)(H,19,20). The summed E-state index contributed by atoms with van der Waals surface area (Å²) in [5.41, 5.74) is 2.55. The van der Waals surface area contributed by atoms with Crippen LogP contribution in [0.3, 0.4) is 0 Å². The van der Waals surface area contributed by atoms with Crippen LogP contribution in [0.5, 0.6) is 0 Å². The van der Waals surface area contributed by atoms with E-state index in [0.717, 1.165) is 16.9 Å². The molecule has 0 atom stereocenters. The number of rotatable bonds is 5. The van der Waals surface area contributed by atoms with E-state index in [1.54, 1.807) is 0 Å². The molecule has 0 radical (unpaired) electrons. The number of hydrogen-bond donors (Lipinski definition) is 2. The maximum Gasteiger partial charge on any atom is 0.306 e. The topological polar surface area (TPSA) is 84.1 Å². The second-order valence-corrected chi connectivity index (χ2v) is 5.96. The van der Waals surface area contributed by atoms with Gasteiger partial charge in [0.1, 0.15) is 5.82 Å². The van der Waals surface area contributed by atoms with Crippen LogP contribution in [-0.2, 0) is 14.3 Å². The lowest BCUT2D eigenvalue weighted by Gasteiger charge is -2.04. The molecule has 1 amide bonds. The molecule has 122 valence electrons. The lowest BCUT2D eigenvalue weighted by molar-refractivity contribution is -0.141. The van der Waals surface area contributed by atoms with Crippen LogP contribution < -0.4 is 5.32 Å². The fourth-order valence-corrected chi connectivity index (χ4v) is 3.04. The summed E-state index contributed by atoms with van der Waals surface area (Å²) in [6.45, 7) is 0. The van der Waals surface area contributed by atoms with Crippen LogP contribution in [0.15, 0.2) is 18.2 Å². The number of H-pyrrole nitrogens is 1. The number of aromatic amines is 1. The Morgan fingerprint density at radius 2 is 2.09 bits per heavy atom. The maximum absolute atomic E-state index is 11.8. The fourth-order valence-electron chi connectivity index (χ4n) is 3.04. The molecule has 1 aromatic carbocycles. The normalized spacial score (nSPS) is 15.0. The van der Waals surface area contributed by atoms with E-state index in [0.29, 0.717) is 11.6 Å². The zero-order valence-corrected chi connectivity index (χ0v) is 13.2. The molecular weight excluding hydrogens is 294 g/mol. The highest BCUT2D eigenvalue weighted by Gasteiger charge is 2.20. The molecule has 1 heterocycles. The van der Waals surface area contributed by atoms with Crippen molar-refractivity contribution >= 4 is 28.6 Å². The highest BCUT2D eigenvalue weighted by molar-refractivity contribution is 5.94. The molecule has 1 saturated carbocycles. The van der Waals surface area contributed by atoms with Gasteiger partial charge in [-0.3, -0.25) is 9.59 Å². The summed E-state index contributed by atoms with van der Waals surface area (Å²) >= 11 is 0. The van der Waals surface area contributed by atoms with Crippen LogP contribution >= 0.6 is 0 Å². The molecule has 1 aliphatic carbocycles. The quantitative estimate of drug-likeness (QED) is 0.830. The van der Waals surface area contributed by atoms with E-state index < -0.39 is 0 Å². The molecule has 1 aromatic heterocycles. The molecule has 0 aliphatic heterocycles. The van der Waals surface area contributed by atoms with Gasteiger partial charge in [0.05, 0.1) is 24.6 Å². The minimum absolute atomic E-state index is 0.0838. The monoisotopic (exact) mass is 315 g/mol. The molecule has 0 saturated heterocycles. The van der Waals surface area contributed by atoms with Crippen LogP contribution in [0.4, 0.5) is 5.69 Å². The highest BCUT2D eigenvalue weighted by atomic mass is 16.5. The largest absolute Gasteiger partial charge is 0.469 e. The Morgan fingerprint density at radius 3 is 2.83 bits per heavy atom. The van der Waals surface area contributed by atoms with Crippen molar-refractivity contribution in [3.05, 3.63) is 24.0 Å². The summed E-state index contributed by atoms with van der Waals surface area (Å²) in [5.74, 6) is 0.989. The number of imidazole rings is 1. The molecule has 6 heteroatoms. The first-order valence-corrected chi connectivity index (χ1v) is 8.02. The first-order valence-electron chi connectivity index (χ1n) is 8.02. The predicted molar refractivity (Wildman–Crippen MR) is 87.2 cm³/mol. The molecule has 3 rings (SSSR count). The molecule has 6 nitrogen and oxygen atoms in total. The third kappa shape index (κ3) is 3.70. The molecule has 1 fully saturated rings. The van der Waals surface area contributed by atoms with Gasteiger partial charge in [-0.2, -0.15) is 0 Å². The van der Waals surface area contributed by atoms with Crippen molar-refractivity contribution in [1.82, 2.24) is 9.97 Å². The molecule has 2 aromatic rings. The third-order valence-electron chi connectivity index (χ3n) is 4.31. The van der Waals surface area contributed by atoms with Gasteiger partial charge in [-0.05, 0) is 31.0 Å². The summed E-state index contributed by atoms with van der Waals surface area (Å²) in [7, 11) is 1.31. The molecule has 1 aliphatic rings. The van der Waals surface area contributed by atoms with Gasteiger partial charge in [-0.15, -0.1) is 0 Å². The zero-order valence-electron chi connectivity index (χ0n) is 13.2. The number of anilines is 1. The molecule has 0 bridgehead atoms. The van der Waals surface area contributed by atoms with E-state index in [-0.39, 0.29) is 24.7 Å². The summed E-state index contributed by atoms with van der Waals surface area (Å²) in [4.78, 5) is 30.9. The number of aromatic nitrogens is 2. The minimum Gasteiger partial charge on any atom is -0.469 e. The Balaban J connectivity index is 1.67. The number of carbonyl (C=O) groups excluding carboxylic acids is 2. The Kier molecular flexibility index (Phi) is 4.60. The van der Waals surface area contributed by atoms with Gasteiger partial charge in [-0.25, -0.2) is 4.98 Å². The van der Waals surface area contributed by atoms with E-state index in [2.05, 4.69) is 20.0 Å². The van der Waals surface area contributed by atoms with Crippen molar-refractivity contribution in [1.29, 1.82) is 0 Å². The molecule has 0 unspecified atom stereocenters. The lowest BCUT2D eigenvalue weighted by atomic mass is 10.1. The Hall–Kier alpha value is -2.37. The van der Waals surface area contributed by atoms with Crippen molar-refractivity contribution in [3.63, 3.8) is 0 Å². The number of esters is 1. The number of benzene rings is 1. The zero-order chi connectivity index (χ0) is 16.2. The van der Waals surface area contributed by atoms with Gasteiger partial charge in [0.2, 0.25) is 5.91 Å². The second kappa shape index (κ2) is 6.81. The smallest absolute Gasteiger partial charge is 0.306 e. The van der Waals surface area contributed by atoms with Crippen molar-refractivity contribution in [2.75, 3.05) is 12.4 Å². The SMILES string of the molecule is COC(=O)CCC(=O)Nc1ccc2nc(C3CCCC3)[nH]c2c1. The number of methoxy groups -OCH3 is 1. The maximum atomic E-state index is 11.8. The average Bonchev–Trinajstić information content (AvgIpc) is 3.20. The summed E-state index contributed by atoms with van der Waals surface area (Å²) in [6, 6.07) is 5.62. The minimum atomic E-state index is -0.384. The third-order valence-corrected chi connectivity index (χ3v) is 4.31. The van der Waals surface area contributed by atoms with Gasteiger partial charge >= 0.3 is 5.97 Å². The van der Waals surface area contributed by atoms with E-state index in [1.165, 1.54) is 32.8 Å². The van der Waals surface area contributed by atoms with Gasteiger partial charge < -0.3 is 15.0 Å². The first kappa shape index (κ1) is 15.5. The number of fused-ring (bicyclic) bond motifs is 1. The van der Waals surface area contributed by atoms with Crippen molar-refractivity contribution in [2.24, 2.45) is 0 Å². The summed E-state index contributed by atoms with van der Waals surface area (Å²) in [5, 5.41) is 2.80. The summed E-state index contributed by atoms with van der Waals surface area (Å²) in [6.07, 6.45) is 5.11. The van der Waals surface area contributed by atoms with E-state index in [4.69, 9.17) is 0 Å². The fraction of sp³-hybridized carbons (Fsp3) is 0.471. The van der Waals surface area contributed by atoms with Gasteiger partial charge in [0.15, 0.2) is 0 Å². The van der Waals surface area contributed by atoms with Crippen LogP contribution in [0.2, 0.25) is 0 Å². The number of amides is 1. The van der Waals surface area contributed by atoms with Crippen molar-refractivity contribution in [3.8, 4) is 0 Å². The van der Waals surface area contributed by atoms with Crippen LogP contribution in [0.1, 0.15) is 50.3 Å². The van der Waals surface area contributed by atoms with Crippen LogP contribution in [-0.4, -0.2) is 29.0 Å². The van der Waals surface area contributed by atoms with E-state index in [9.17, 15) is 9.59 Å². The Labute approximate surface area is 134 Å². The number of hydrogen-bond acceptors (Lipinski definition) is 4. The number of carbonyl (C=O) groups is 2. The van der Waals surface area contributed by atoms with E-state index in [1.807, 2.05) is 18.2 Å². The number of nitrogens with one attached hydrogen (secondary N) is 2. The van der Waals surface area contributed by atoms with Crippen LogP contribution in [0, 0.1) is 0 Å². The molecular formula is C17H21N3O3. The van der Waals surface area contributed by atoms with Crippen molar-refractivity contribution in [2.45, 2.75) is 44.4 Å². The lowest BCUT2D eigenvalue weighted by Crippen LogP contribution is -2.13. The first-order chi connectivity index (χ1) is 11.2.